The number of nitrogens with one attached hydrogen (secondary N) is 1. The molecule has 7 heteroatoms. The van der Waals surface area contributed by atoms with Crippen LogP contribution in [0.4, 0.5) is 5.13 Å². The van der Waals surface area contributed by atoms with Crippen LogP contribution in [0, 0.1) is 0 Å². The lowest BCUT2D eigenvalue weighted by molar-refractivity contribution is -0.115. The zero-order valence-electron chi connectivity index (χ0n) is 15.3. The van der Waals surface area contributed by atoms with Crippen molar-refractivity contribution in [2.24, 2.45) is 0 Å². The number of hydrogen-bond acceptors (Lipinski definition) is 6. The standard InChI is InChI=1S/C19H25N3O2S2/c1-13-9-22(10-14(2)24-13)11-16-12-25-19(20-16)21-18(23)15(3)26-17-7-5-4-6-8-17/h4-8,12-15H,9-11H2,1-3H3,(H,20,21,23). The predicted octanol–water partition coefficient (Wildman–Crippen LogP) is 3.87. The Morgan fingerprint density at radius 2 is 2.04 bits per heavy atom. The summed E-state index contributed by atoms with van der Waals surface area (Å²) in [7, 11) is 0. The summed E-state index contributed by atoms with van der Waals surface area (Å²) in [5.41, 5.74) is 0.995. The molecule has 1 aromatic heterocycles. The Kier molecular flexibility index (Phi) is 6.69. The molecule has 1 aliphatic rings. The maximum absolute atomic E-state index is 12.4. The molecule has 1 fully saturated rings. The number of benzene rings is 1. The topological polar surface area (TPSA) is 54.5 Å². The molecule has 140 valence electrons. The van der Waals surface area contributed by atoms with Gasteiger partial charge in [0.05, 0.1) is 23.2 Å². The molecule has 3 rings (SSSR count). The first-order chi connectivity index (χ1) is 12.5. The molecule has 3 unspecified atom stereocenters. The number of anilines is 1. The number of amides is 1. The van der Waals surface area contributed by atoms with Gasteiger partial charge in [-0.05, 0) is 32.9 Å². The lowest BCUT2D eigenvalue weighted by Gasteiger charge is -2.34. The van der Waals surface area contributed by atoms with E-state index in [-0.39, 0.29) is 23.4 Å². The molecule has 2 heterocycles. The summed E-state index contributed by atoms with van der Waals surface area (Å²) in [4.78, 5) is 20.4. The minimum absolute atomic E-state index is 0.0200. The van der Waals surface area contributed by atoms with E-state index in [9.17, 15) is 4.79 Å². The molecule has 0 spiro atoms. The number of aromatic nitrogens is 1. The lowest BCUT2D eigenvalue weighted by atomic mass is 10.2. The molecule has 0 bridgehead atoms. The van der Waals surface area contributed by atoms with Crippen molar-refractivity contribution in [3.8, 4) is 0 Å². The minimum atomic E-state index is -0.175. The van der Waals surface area contributed by atoms with Crippen molar-refractivity contribution in [3.05, 3.63) is 41.4 Å². The van der Waals surface area contributed by atoms with Crippen LogP contribution in [-0.4, -0.2) is 46.3 Å². The van der Waals surface area contributed by atoms with Gasteiger partial charge in [0.15, 0.2) is 5.13 Å². The van der Waals surface area contributed by atoms with E-state index < -0.39 is 0 Å². The third-order valence-electron chi connectivity index (χ3n) is 4.09. The van der Waals surface area contributed by atoms with E-state index in [2.05, 4.69) is 29.0 Å². The maximum atomic E-state index is 12.4. The van der Waals surface area contributed by atoms with Crippen molar-refractivity contribution in [2.75, 3.05) is 18.4 Å². The van der Waals surface area contributed by atoms with Crippen molar-refractivity contribution in [3.63, 3.8) is 0 Å². The highest BCUT2D eigenvalue weighted by molar-refractivity contribution is 8.00. The van der Waals surface area contributed by atoms with Crippen LogP contribution in [0.2, 0.25) is 0 Å². The Morgan fingerprint density at radius 1 is 1.35 bits per heavy atom. The zero-order valence-corrected chi connectivity index (χ0v) is 17.0. The average molecular weight is 392 g/mol. The van der Waals surface area contributed by atoms with E-state index in [0.717, 1.165) is 30.2 Å². The summed E-state index contributed by atoms with van der Waals surface area (Å²) < 4.78 is 5.77. The van der Waals surface area contributed by atoms with Crippen LogP contribution in [0.3, 0.4) is 0 Å². The summed E-state index contributed by atoms with van der Waals surface area (Å²) in [6.07, 6.45) is 0.486. The molecule has 0 radical (unpaired) electrons. The number of hydrogen-bond donors (Lipinski definition) is 1. The molecular formula is C19H25N3O2S2. The number of morpholine rings is 1. The fourth-order valence-corrected chi connectivity index (χ4v) is 4.64. The highest BCUT2D eigenvalue weighted by Crippen LogP contribution is 2.25. The van der Waals surface area contributed by atoms with Gasteiger partial charge in [-0.2, -0.15) is 0 Å². The van der Waals surface area contributed by atoms with Gasteiger partial charge in [0.1, 0.15) is 0 Å². The molecule has 1 saturated heterocycles. The van der Waals surface area contributed by atoms with E-state index >= 15 is 0 Å². The second kappa shape index (κ2) is 8.99. The number of thioether (sulfide) groups is 1. The molecule has 1 aromatic carbocycles. The van der Waals surface area contributed by atoms with Crippen molar-refractivity contribution in [2.45, 2.75) is 49.7 Å². The Bertz CT molecular complexity index is 713. The maximum Gasteiger partial charge on any atom is 0.239 e. The molecule has 5 nitrogen and oxygen atoms in total. The van der Waals surface area contributed by atoms with Crippen molar-refractivity contribution in [1.82, 2.24) is 9.88 Å². The highest BCUT2D eigenvalue weighted by atomic mass is 32.2. The Labute approximate surface area is 163 Å². The second-order valence-electron chi connectivity index (χ2n) is 6.66. The number of thiazole rings is 1. The highest BCUT2D eigenvalue weighted by Gasteiger charge is 2.23. The van der Waals surface area contributed by atoms with Crippen LogP contribution in [0.1, 0.15) is 26.5 Å². The number of carbonyl (C=O) groups excluding carboxylic acids is 1. The molecule has 2 aromatic rings. The van der Waals surface area contributed by atoms with Gasteiger partial charge in [0, 0.05) is 29.9 Å². The number of nitrogens with zero attached hydrogens (tertiary/aromatic N) is 2. The molecule has 1 amide bonds. The summed E-state index contributed by atoms with van der Waals surface area (Å²) in [6, 6.07) is 9.96. The predicted molar refractivity (Wildman–Crippen MR) is 108 cm³/mol. The Hall–Kier alpha value is -1.41. The van der Waals surface area contributed by atoms with Crippen molar-refractivity contribution in [1.29, 1.82) is 0 Å². The SMILES string of the molecule is CC1CN(Cc2csc(NC(=O)C(C)Sc3ccccc3)n2)CC(C)O1. The normalized spacial score (nSPS) is 22.1. The van der Waals surface area contributed by atoms with Gasteiger partial charge in [-0.3, -0.25) is 9.69 Å². The zero-order chi connectivity index (χ0) is 18.5. The van der Waals surface area contributed by atoms with Gasteiger partial charge < -0.3 is 10.1 Å². The summed E-state index contributed by atoms with van der Waals surface area (Å²) in [5, 5.41) is 5.46. The molecule has 1 N–H and O–H groups in total. The van der Waals surface area contributed by atoms with Gasteiger partial charge in [0.2, 0.25) is 5.91 Å². The molecular weight excluding hydrogens is 366 g/mol. The van der Waals surface area contributed by atoms with E-state index in [1.165, 1.54) is 11.3 Å². The van der Waals surface area contributed by atoms with Gasteiger partial charge >= 0.3 is 0 Å². The molecule has 0 saturated carbocycles. The van der Waals surface area contributed by atoms with E-state index in [1.807, 2.05) is 42.6 Å². The smallest absolute Gasteiger partial charge is 0.239 e. The third-order valence-corrected chi connectivity index (χ3v) is 6.01. The van der Waals surface area contributed by atoms with E-state index in [0.29, 0.717) is 5.13 Å². The molecule has 1 aliphatic heterocycles. The van der Waals surface area contributed by atoms with Crippen molar-refractivity contribution >= 4 is 34.1 Å². The Balaban J connectivity index is 1.52. The first-order valence-corrected chi connectivity index (χ1v) is 10.6. The second-order valence-corrected chi connectivity index (χ2v) is 8.93. The van der Waals surface area contributed by atoms with E-state index in [1.54, 1.807) is 11.8 Å². The largest absolute Gasteiger partial charge is 0.373 e. The fraction of sp³-hybridized carbons (Fsp3) is 0.474. The minimum Gasteiger partial charge on any atom is -0.373 e. The van der Waals surface area contributed by atoms with Crippen molar-refractivity contribution < 1.29 is 9.53 Å². The van der Waals surface area contributed by atoms with Crippen LogP contribution in [0.15, 0.2) is 40.6 Å². The summed E-state index contributed by atoms with van der Waals surface area (Å²) in [6.45, 7) is 8.72. The van der Waals surface area contributed by atoms with Crippen LogP contribution in [-0.2, 0) is 16.1 Å². The van der Waals surface area contributed by atoms with Gasteiger partial charge in [-0.25, -0.2) is 4.98 Å². The molecule has 3 atom stereocenters. The van der Waals surface area contributed by atoms with Gasteiger partial charge in [0.25, 0.3) is 0 Å². The van der Waals surface area contributed by atoms with Gasteiger partial charge in [-0.1, -0.05) is 18.2 Å². The molecule has 26 heavy (non-hydrogen) atoms. The summed E-state index contributed by atoms with van der Waals surface area (Å²) >= 11 is 3.03. The van der Waals surface area contributed by atoms with E-state index in [4.69, 9.17) is 4.74 Å². The first kappa shape index (κ1) is 19.4. The number of ether oxygens (including phenoxy) is 1. The fourth-order valence-electron chi connectivity index (χ4n) is 3.04. The third kappa shape index (κ3) is 5.54. The number of rotatable bonds is 6. The van der Waals surface area contributed by atoms with Gasteiger partial charge in [-0.15, -0.1) is 23.1 Å². The Morgan fingerprint density at radius 3 is 2.73 bits per heavy atom. The quantitative estimate of drug-likeness (QED) is 0.758. The average Bonchev–Trinajstić information content (AvgIpc) is 3.01. The first-order valence-electron chi connectivity index (χ1n) is 8.84. The molecule has 0 aliphatic carbocycles. The number of carbonyl (C=O) groups is 1. The lowest BCUT2D eigenvalue weighted by Crippen LogP contribution is -2.44. The van der Waals surface area contributed by atoms with Crippen LogP contribution >= 0.6 is 23.1 Å². The summed E-state index contributed by atoms with van der Waals surface area (Å²) in [5.74, 6) is -0.0200. The van der Waals surface area contributed by atoms with Crippen LogP contribution in [0.5, 0.6) is 0 Å². The monoisotopic (exact) mass is 391 g/mol. The van der Waals surface area contributed by atoms with Crippen LogP contribution < -0.4 is 5.32 Å². The van der Waals surface area contributed by atoms with Crippen LogP contribution in [0.25, 0.3) is 0 Å².